The zero-order chi connectivity index (χ0) is 19.6. The molecule has 0 unspecified atom stereocenters. The molecular weight excluding hydrogens is 342 g/mol. The van der Waals surface area contributed by atoms with Crippen LogP contribution in [0.1, 0.15) is 41.5 Å². The van der Waals surface area contributed by atoms with Crippen LogP contribution in [0.15, 0.2) is 42.5 Å². The Kier molecular flexibility index (Phi) is 7.86. The van der Waals surface area contributed by atoms with Crippen LogP contribution >= 0.6 is 0 Å². The number of carbonyl (C=O) groups excluding carboxylic acids is 1. The highest BCUT2D eigenvalue weighted by molar-refractivity contribution is 5.76. The molecule has 5 nitrogen and oxygen atoms in total. The zero-order valence-corrected chi connectivity index (χ0v) is 16.0. The highest BCUT2D eigenvalue weighted by Gasteiger charge is 2.05. The summed E-state index contributed by atoms with van der Waals surface area (Å²) in [5.41, 5.74) is 4.66. The van der Waals surface area contributed by atoms with E-state index in [0.717, 1.165) is 12.0 Å². The molecule has 0 heterocycles. The fraction of sp³-hybridized carbons (Fsp3) is 0.364. The first kappa shape index (κ1) is 20.5. The smallest absolute Gasteiger partial charge is 0.303 e. The van der Waals surface area contributed by atoms with E-state index in [1.54, 1.807) is 0 Å². The SMILES string of the molecule is Cc1ccc(CCC(=O)NCc2ccc(OCCCC(=O)O)cc2)c(C)c1. The maximum absolute atomic E-state index is 12.1. The van der Waals surface area contributed by atoms with Gasteiger partial charge in [0.2, 0.25) is 5.91 Å². The Morgan fingerprint density at radius 2 is 1.78 bits per heavy atom. The Balaban J connectivity index is 1.70. The molecule has 2 N–H and O–H groups in total. The van der Waals surface area contributed by atoms with Crippen LogP contribution in [0.4, 0.5) is 0 Å². The number of carboxylic acid groups (broad SMARTS) is 1. The topological polar surface area (TPSA) is 75.6 Å². The van der Waals surface area contributed by atoms with Gasteiger partial charge in [0.25, 0.3) is 0 Å². The molecule has 0 atom stereocenters. The second-order valence-electron chi connectivity index (χ2n) is 6.70. The minimum atomic E-state index is -0.817. The number of aryl methyl sites for hydroxylation is 3. The van der Waals surface area contributed by atoms with Gasteiger partial charge in [0.1, 0.15) is 5.75 Å². The van der Waals surface area contributed by atoms with Crippen molar-refractivity contribution in [2.45, 2.75) is 46.1 Å². The summed E-state index contributed by atoms with van der Waals surface area (Å²) >= 11 is 0. The first-order valence-corrected chi connectivity index (χ1v) is 9.20. The molecule has 2 rings (SSSR count). The zero-order valence-electron chi connectivity index (χ0n) is 16.0. The Hall–Kier alpha value is -2.82. The highest BCUT2D eigenvalue weighted by Crippen LogP contribution is 2.14. The number of ether oxygens (including phenoxy) is 1. The molecule has 0 aliphatic heterocycles. The molecule has 0 fully saturated rings. The summed E-state index contributed by atoms with van der Waals surface area (Å²) < 4.78 is 5.49. The summed E-state index contributed by atoms with van der Waals surface area (Å²) in [6, 6.07) is 13.8. The quantitative estimate of drug-likeness (QED) is 0.625. The summed E-state index contributed by atoms with van der Waals surface area (Å²) in [6.07, 6.45) is 1.79. The van der Waals surface area contributed by atoms with E-state index in [1.807, 2.05) is 24.3 Å². The number of hydrogen-bond donors (Lipinski definition) is 2. The van der Waals surface area contributed by atoms with Gasteiger partial charge in [0.05, 0.1) is 6.61 Å². The van der Waals surface area contributed by atoms with Crippen molar-refractivity contribution in [3.05, 3.63) is 64.7 Å². The van der Waals surface area contributed by atoms with Crippen molar-refractivity contribution >= 4 is 11.9 Å². The molecule has 0 saturated carbocycles. The maximum Gasteiger partial charge on any atom is 0.303 e. The Morgan fingerprint density at radius 3 is 2.44 bits per heavy atom. The second-order valence-corrected chi connectivity index (χ2v) is 6.70. The molecule has 0 spiro atoms. The normalized spacial score (nSPS) is 10.4. The van der Waals surface area contributed by atoms with Gasteiger partial charge in [-0.1, -0.05) is 35.9 Å². The third-order valence-corrected chi connectivity index (χ3v) is 4.34. The molecule has 1 amide bonds. The van der Waals surface area contributed by atoms with E-state index in [4.69, 9.17) is 9.84 Å². The van der Waals surface area contributed by atoms with Crippen molar-refractivity contribution in [3.63, 3.8) is 0 Å². The number of hydrogen-bond acceptors (Lipinski definition) is 3. The minimum absolute atomic E-state index is 0.0315. The molecule has 0 radical (unpaired) electrons. The highest BCUT2D eigenvalue weighted by atomic mass is 16.5. The van der Waals surface area contributed by atoms with Gasteiger partial charge in [-0.2, -0.15) is 0 Å². The van der Waals surface area contributed by atoms with E-state index in [9.17, 15) is 9.59 Å². The second kappa shape index (κ2) is 10.4. The van der Waals surface area contributed by atoms with Crippen molar-refractivity contribution < 1.29 is 19.4 Å². The Labute approximate surface area is 160 Å². The van der Waals surface area contributed by atoms with Crippen LogP contribution in [-0.2, 0) is 22.6 Å². The molecule has 144 valence electrons. The van der Waals surface area contributed by atoms with Gasteiger partial charge in [0.15, 0.2) is 0 Å². The Morgan fingerprint density at radius 1 is 1.04 bits per heavy atom. The van der Waals surface area contributed by atoms with Crippen LogP contribution in [0, 0.1) is 13.8 Å². The predicted molar refractivity (Wildman–Crippen MR) is 105 cm³/mol. The lowest BCUT2D eigenvalue weighted by Gasteiger charge is -2.09. The number of amides is 1. The van der Waals surface area contributed by atoms with Gasteiger partial charge in [-0.25, -0.2) is 0 Å². The molecular formula is C22H27NO4. The van der Waals surface area contributed by atoms with E-state index < -0.39 is 5.97 Å². The van der Waals surface area contributed by atoms with Gasteiger partial charge < -0.3 is 15.2 Å². The van der Waals surface area contributed by atoms with Crippen molar-refractivity contribution in [2.75, 3.05) is 6.61 Å². The summed E-state index contributed by atoms with van der Waals surface area (Å²) in [5, 5.41) is 11.5. The number of carboxylic acids is 1. The summed E-state index contributed by atoms with van der Waals surface area (Å²) in [5.74, 6) is -0.0866. The van der Waals surface area contributed by atoms with E-state index in [1.165, 1.54) is 16.7 Å². The lowest BCUT2D eigenvalue weighted by atomic mass is 10.0. The number of aliphatic carboxylic acids is 1. The van der Waals surface area contributed by atoms with Gasteiger partial charge in [-0.3, -0.25) is 9.59 Å². The summed E-state index contributed by atoms with van der Waals surface area (Å²) in [7, 11) is 0. The van der Waals surface area contributed by atoms with Crippen molar-refractivity contribution in [1.82, 2.24) is 5.32 Å². The average Bonchev–Trinajstić information content (AvgIpc) is 2.63. The number of nitrogens with one attached hydrogen (secondary N) is 1. The fourth-order valence-corrected chi connectivity index (χ4v) is 2.78. The van der Waals surface area contributed by atoms with Crippen molar-refractivity contribution in [2.24, 2.45) is 0 Å². The van der Waals surface area contributed by atoms with Gasteiger partial charge in [-0.05, 0) is 55.5 Å². The molecule has 0 aliphatic carbocycles. The van der Waals surface area contributed by atoms with Gasteiger partial charge >= 0.3 is 5.97 Å². The third kappa shape index (κ3) is 7.52. The summed E-state index contributed by atoms with van der Waals surface area (Å²) in [4.78, 5) is 22.5. The van der Waals surface area contributed by atoms with E-state index in [2.05, 4.69) is 37.4 Å². The van der Waals surface area contributed by atoms with Crippen LogP contribution in [0.2, 0.25) is 0 Å². The molecule has 2 aromatic rings. The first-order chi connectivity index (χ1) is 12.9. The van der Waals surface area contributed by atoms with E-state index >= 15 is 0 Å². The number of rotatable bonds is 10. The third-order valence-electron chi connectivity index (χ3n) is 4.34. The van der Waals surface area contributed by atoms with Crippen molar-refractivity contribution in [3.8, 4) is 5.75 Å². The van der Waals surface area contributed by atoms with Gasteiger partial charge in [0, 0.05) is 19.4 Å². The van der Waals surface area contributed by atoms with Crippen molar-refractivity contribution in [1.29, 1.82) is 0 Å². The van der Waals surface area contributed by atoms with Gasteiger partial charge in [-0.15, -0.1) is 0 Å². The molecule has 0 saturated heterocycles. The predicted octanol–water partition coefficient (Wildman–Crippen LogP) is 3.80. The van der Waals surface area contributed by atoms with Crippen LogP contribution in [0.3, 0.4) is 0 Å². The number of benzene rings is 2. The average molecular weight is 369 g/mol. The minimum Gasteiger partial charge on any atom is -0.494 e. The first-order valence-electron chi connectivity index (χ1n) is 9.20. The molecule has 0 aliphatic rings. The standard InChI is InChI=1S/C22H27NO4/c1-16-5-8-19(17(2)14-16)9-12-21(24)23-15-18-6-10-20(11-7-18)27-13-3-4-22(25)26/h5-8,10-11,14H,3-4,9,12-13,15H2,1-2H3,(H,23,24)(H,25,26). The largest absolute Gasteiger partial charge is 0.494 e. The molecule has 2 aromatic carbocycles. The van der Waals surface area contributed by atoms with Crippen LogP contribution < -0.4 is 10.1 Å². The van der Waals surface area contributed by atoms with E-state index in [-0.39, 0.29) is 12.3 Å². The maximum atomic E-state index is 12.1. The Bertz CT molecular complexity index is 768. The van der Waals surface area contributed by atoms with Crippen LogP contribution in [0.5, 0.6) is 5.75 Å². The lowest BCUT2D eigenvalue weighted by Crippen LogP contribution is -2.23. The lowest BCUT2D eigenvalue weighted by molar-refractivity contribution is -0.137. The molecule has 0 aromatic heterocycles. The van der Waals surface area contributed by atoms with Crippen LogP contribution in [0.25, 0.3) is 0 Å². The van der Waals surface area contributed by atoms with E-state index in [0.29, 0.717) is 31.7 Å². The summed E-state index contributed by atoms with van der Waals surface area (Å²) in [6.45, 7) is 4.99. The molecule has 5 heteroatoms. The van der Waals surface area contributed by atoms with Crippen LogP contribution in [-0.4, -0.2) is 23.6 Å². The molecule has 27 heavy (non-hydrogen) atoms. The fourth-order valence-electron chi connectivity index (χ4n) is 2.78. The monoisotopic (exact) mass is 369 g/mol. The molecule has 0 bridgehead atoms. The number of carbonyl (C=O) groups is 2.